The number of benzene rings is 4. The van der Waals surface area contributed by atoms with Gasteiger partial charge in [-0.05, 0) is 73.4 Å². The zero-order valence-corrected chi connectivity index (χ0v) is 28.9. The van der Waals surface area contributed by atoms with E-state index in [1.165, 1.54) is 23.1 Å². The van der Waals surface area contributed by atoms with Crippen LogP contribution in [-0.4, -0.2) is 43.8 Å². The highest BCUT2D eigenvalue weighted by molar-refractivity contribution is 7.92. The molecular formula is C35H36Cl3N3O4S. The molecule has 0 aromatic heterocycles. The van der Waals surface area contributed by atoms with E-state index in [2.05, 4.69) is 5.32 Å². The fraction of sp³-hybridized carbons (Fsp3) is 0.257. The number of hydrogen-bond donors (Lipinski definition) is 1. The first-order chi connectivity index (χ1) is 21.9. The molecule has 0 radical (unpaired) electrons. The molecular weight excluding hydrogens is 665 g/mol. The molecule has 0 aliphatic heterocycles. The molecule has 0 saturated heterocycles. The van der Waals surface area contributed by atoms with Crippen molar-refractivity contribution in [3.63, 3.8) is 0 Å². The normalized spacial score (nSPS) is 12.7. The Balaban J connectivity index is 1.85. The molecule has 242 valence electrons. The van der Waals surface area contributed by atoms with Gasteiger partial charge in [0.25, 0.3) is 10.0 Å². The molecule has 0 spiro atoms. The van der Waals surface area contributed by atoms with Crippen molar-refractivity contribution in [1.82, 2.24) is 10.2 Å². The molecule has 0 fully saturated rings. The highest BCUT2D eigenvalue weighted by atomic mass is 35.5. The summed E-state index contributed by atoms with van der Waals surface area (Å²) in [4.78, 5) is 30.0. The molecule has 2 unspecified atom stereocenters. The fourth-order valence-electron chi connectivity index (χ4n) is 4.91. The zero-order valence-electron chi connectivity index (χ0n) is 25.8. The SMILES string of the molecule is CCC(C)NC(=O)C(Cc1ccccc1)N(Cc1ccc(Cl)c(Cl)c1)C(=O)CN(c1cc(Cl)ccc1C)S(=O)(=O)c1ccccc1. The molecule has 2 amide bonds. The number of aryl methyl sites for hydroxylation is 1. The van der Waals surface area contributed by atoms with Crippen LogP contribution in [0.5, 0.6) is 0 Å². The van der Waals surface area contributed by atoms with E-state index >= 15 is 0 Å². The maximum absolute atomic E-state index is 14.6. The lowest BCUT2D eigenvalue weighted by Crippen LogP contribution is -2.54. The van der Waals surface area contributed by atoms with Gasteiger partial charge in [-0.15, -0.1) is 0 Å². The Kier molecular flexibility index (Phi) is 12.1. The lowest BCUT2D eigenvalue weighted by molar-refractivity contribution is -0.140. The van der Waals surface area contributed by atoms with Crippen LogP contribution in [0.25, 0.3) is 0 Å². The summed E-state index contributed by atoms with van der Waals surface area (Å²) < 4.78 is 29.4. The zero-order chi connectivity index (χ0) is 33.4. The van der Waals surface area contributed by atoms with Gasteiger partial charge in [0.1, 0.15) is 12.6 Å². The number of rotatable bonds is 13. The first-order valence-electron chi connectivity index (χ1n) is 14.8. The summed E-state index contributed by atoms with van der Waals surface area (Å²) in [6.07, 6.45) is 0.874. The predicted molar refractivity (Wildman–Crippen MR) is 186 cm³/mol. The van der Waals surface area contributed by atoms with Gasteiger partial charge in [-0.25, -0.2) is 8.42 Å². The Morgan fingerprint density at radius 2 is 1.48 bits per heavy atom. The van der Waals surface area contributed by atoms with Gasteiger partial charge < -0.3 is 10.2 Å². The van der Waals surface area contributed by atoms with E-state index in [1.54, 1.807) is 55.5 Å². The molecule has 1 N–H and O–H groups in total. The lowest BCUT2D eigenvalue weighted by Gasteiger charge is -2.34. The second kappa shape index (κ2) is 15.8. The van der Waals surface area contributed by atoms with Crippen LogP contribution in [0.3, 0.4) is 0 Å². The molecule has 4 rings (SSSR count). The molecule has 0 saturated carbocycles. The van der Waals surface area contributed by atoms with Crippen molar-refractivity contribution in [2.45, 2.75) is 57.1 Å². The summed E-state index contributed by atoms with van der Waals surface area (Å²) in [7, 11) is -4.25. The van der Waals surface area contributed by atoms with E-state index in [0.29, 0.717) is 27.6 Å². The number of anilines is 1. The van der Waals surface area contributed by atoms with Crippen molar-refractivity contribution < 1.29 is 18.0 Å². The largest absolute Gasteiger partial charge is 0.352 e. The van der Waals surface area contributed by atoms with Gasteiger partial charge in [-0.3, -0.25) is 13.9 Å². The molecule has 46 heavy (non-hydrogen) atoms. The summed E-state index contributed by atoms with van der Waals surface area (Å²) in [6, 6.07) is 25.9. The Labute approximate surface area is 286 Å². The van der Waals surface area contributed by atoms with Crippen LogP contribution in [0.15, 0.2) is 102 Å². The molecule has 4 aromatic carbocycles. The van der Waals surface area contributed by atoms with Gasteiger partial charge in [0, 0.05) is 24.0 Å². The minimum atomic E-state index is -4.25. The summed E-state index contributed by atoms with van der Waals surface area (Å²) >= 11 is 18.9. The Bertz CT molecular complexity index is 1770. The van der Waals surface area contributed by atoms with Gasteiger partial charge in [0.2, 0.25) is 11.8 Å². The first kappa shape index (κ1) is 35.3. The van der Waals surface area contributed by atoms with Crippen molar-refractivity contribution >= 4 is 62.3 Å². The predicted octanol–water partition coefficient (Wildman–Crippen LogP) is 7.71. The third-order valence-electron chi connectivity index (χ3n) is 7.66. The summed E-state index contributed by atoms with van der Waals surface area (Å²) in [6.45, 7) is 4.96. The number of nitrogens with one attached hydrogen (secondary N) is 1. The maximum atomic E-state index is 14.6. The number of hydrogen-bond acceptors (Lipinski definition) is 4. The second-order valence-corrected chi connectivity index (χ2v) is 14.2. The minimum Gasteiger partial charge on any atom is -0.352 e. The number of carbonyl (C=O) groups excluding carboxylic acids is 2. The average molecular weight is 701 g/mol. The number of carbonyl (C=O) groups is 2. The van der Waals surface area contributed by atoms with Crippen molar-refractivity contribution in [2.75, 3.05) is 10.8 Å². The van der Waals surface area contributed by atoms with E-state index in [0.717, 1.165) is 9.87 Å². The van der Waals surface area contributed by atoms with Crippen molar-refractivity contribution in [2.24, 2.45) is 0 Å². The van der Waals surface area contributed by atoms with E-state index in [4.69, 9.17) is 34.8 Å². The molecule has 7 nitrogen and oxygen atoms in total. The third-order valence-corrected chi connectivity index (χ3v) is 10.4. The van der Waals surface area contributed by atoms with Crippen LogP contribution < -0.4 is 9.62 Å². The van der Waals surface area contributed by atoms with Crippen LogP contribution in [0, 0.1) is 6.92 Å². The lowest BCUT2D eigenvalue weighted by atomic mass is 10.0. The van der Waals surface area contributed by atoms with Gasteiger partial charge in [0.05, 0.1) is 20.6 Å². The average Bonchev–Trinajstić information content (AvgIpc) is 3.05. The second-order valence-electron chi connectivity index (χ2n) is 11.0. The monoisotopic (exact) mass is 699 g/mol. The Morgan fingerprint density at radius 1 is 0.826 bits per heavy atom. The van der Waals surface area contributed by atoms with Crippen LogP contribution in [-0.2, 0) is 32.6 Å². The molecule has 0 bridgehead atoms. The number of halogens is 3. The smallest absolute Gasteiger partial charge is 0.264 e. The van der Waals surface area contributed by atoms with Gasteiger partial charge in [-0.1, -0.05) is 102 Å². The van der Waals surface area contributed by atoms with Gasteiger partial charge >= 0.3 is 0 Å². The topological polar surface area (TPSA) is 86.8 Å². The first-order valence-corrected chi connectivity index (χ1v) is 17.4. The van der Waals surface area contributed by atoms with E-state index < -0.39 is 28.5 Å². The number of sulfonamides is 1. The van der Waals surface area contributed by atoms with Crippen molar-refractivity contribution in [1.29, 1.82) is 0 Å². The highest BCUT2D eigenvalue weighted by Gasteiger charge is 2.35. The maximum Gasteiger partial charge on any atom is 0.264 e. The molecule has 2 atom stereocenters. The third kappa shape index (κ3) is 8.82. The molecule has 11 heteroatoms. The van der Waals surface area contributed by atoms with Crippen LogP contribution in [0.2, 0.25) is 15.1 Å². The van der Waals surface area contributed by atoms with E-state index in [9.17, 15) is 18.0 Å². The minimum absolute atomic E-state index is 0.00792. The molecule has 0 aliphatic carbocycles. The van der Waals surface area contributed by atoms with Crippen molar-refractivity contribution in [3.05, 3.63) is 129 Å². The Morgan fingerprint density at radius 3 is 2.11 bits per heavy atom. The van der Waals surface area contributed by atoms with Crippen LogP contribution in [0.4, 0.5) is 5.69 Å². The molecule has 0 aliphatic rings. The highest BCUT2D eigenvalue weighted by Crippen LogP contribution is 2.30. The quantitative estimate of drug-likeness (QED) is 0.155. The number of nitrogens with zero attached hydrogens (tertiary/aromatic N) is 2. The van der Waals surface area contributed by atoms with Gasteiger partial charge in [-0.2, -0.15) is 0 Å². The van der Waals surface area contributed by atoms with Gasteiger partial charge in [0.15, 0.2) is 0 Å². The fourth-order valence-corrected chi connectivity index (χ4v) is 6.89. The van der Waals surface area contributed by atoms with Crippen LogP contribution in [0.1, 0.15) is 37.0 Å². The summed E-state index contributed by atoms with van der Waals surface area (Å²) in [5, 5.41) is 3.96. The Hall–Kier alpha value is -3.56. The van der Waals surface area contributed by atoms with E-state index in [1.807, 2.05) is 44.2 Å². The molecule has 4 aromatic rings. The standard InChI is InChI=1S/C35H36Cl3N3O4S/c1-4-25(3)39-35(43)33(20-26-11-7-5-8-12-26)40(22-27-16-18-30(37)31(38)19-27)34(42)23-41(32-21-28(36)17-15-24(32)2)46(44,45)29-13-9-6-10-14-29/h5-19,21,25,33H,4,20,22-23H2,1-3H3,(H,39,43). The summed E-state index contributed by atoms with van der Waals surface area (Å²) in [5.74, 6) is -0.951. The van der Waals surface area contributed by atoms with E-state index in [-0.39, 0.29) is 40.5 Å². The summed E-state index contributed by atoms with van der Waals surface area (Å²) in [5.41, 5.74) is 2.30. The van der Waals surface area contributed by atoms with Crippen LogP contribution >= 0.6 is 34.8 Å². The van der Waals surface area contributed by atoms with Crippen molar-refractivity contribution in [3.8, 4) is 0 Å². The number of amides is 2. The molecule has 0 heterocycles.